The molecule has 0 radical (unpaired) electrons. The van der Waals surface area contributed by atoms with E-state index in [1.54, 1.807) is 0 Å². The molecular weight excluding hydrogens is 375 g/mol. The first kappa shape index (κ1) is 19.2. The van der Waals surface area contributed by atoms with Crippen LogP contribution in [-0.2, 0) is 11.3 Å². The van der Waals surface area contributed by atoms with Crippen molar-refractivity contribution in [1.82, 2.24) is 0 Å². The molecule has 0 fully saturated rings. The first-order valence-electron chi connectivity index (χ1n) is 7.97. The summed E-state index contributed by atoms with van der Waals surface area (Å²) >= 11 is 17.5. The third-order valence-electron chi connectivity index (χ3n) is 3.78. The second-order valence-corrected chi connectivity index (χ2v) is 15.1. The van der Waals surface area contributed by atoms with Gasteiger partial charge in [0.2, 0.25) is 5.79 Å². The number of fused-ring (bicyclic) bond motifs is 1. The number of halogens is 3. The topological polar surface area (TPSA) is 27.7 Å². The van der Waals surface area contributed by atoms with Gasteiger partial charge in [-0.3, -0.25) is 0 Å². The predicted octanol–water partition coefficient (Wildman–Crippen LogP) is 5.86. The molecule has 1 aromatic carbocycles. The molecule has 1 aromatic rings. The number of unbranched alkanes of at least 4 members (excludes halogenated alkanes) is 3. The van der Waals surface area contributed by atoms with Crippen LogP contribution in [-0.4, -0.2) is 18.0 Å². The van der Waals surface area contributed by atoms with Crippen molar-refractivity contribution in [2.75, 3.05) is 6.23 Å². The Morgan fingerprint density at radius 3 is 2.70 bits per heavy atom. The zero-order valence-corrected chi connectivity index (χ0v) is 16.8. The van der Waals surface area contributed by atoms with Crippen molar-refractivity contribution in [1.29, 1.82) is 0 Å². The molecule has 3 nitrogen and oxygen atoms in total. The molecule has 1 heterocycles. The van der Waals surface area contributed by atoms with Gasteiger partial charge in [0, 0.05) is 18.9 Å². The van der Waals surface area contributed by atoms with Crippen LogP contribution in [0.25, 0.3) is 0 Å². The molecule has 0 aromatic heterocycles. The van der Waals surface area contributed by atoms with Crippen LogP contribution < -0.4 is 9.47 Å². The van der Waals surface area contributed by atoms with Crippen LogP contribution in [0.3, 0.4) is 0 Å². The zero-order valence-electron chi connectivity index (χ0n) is 13.5. The van der Waals surface area contributed by atoms with Gasteiger partial charge in [-0.2, -0.15) is 0 Å². The average molecular weight is 398 g/mol. The second-order valence-electron chi connectivity index (χ2n) is 6.01. The van der Waals surface area contributed by atoms with Crippen molar-refractivity contribution in [3.63, 3.8) is 0 Å². The Morgan fingerprint density at radius 1 is 1.22 bits per heavy atom. The number of ether oxygens (including phenoxy) is 3. The lowest BCUT2D eigenvalue weighted by atomic mass is 10.1. The van der Waals surface area contributed by atoms with E-state index in [1.807, 2.05) is 25.1 Å². The van der Waals surface area contributed by atoms with Gasteiger partial charge in [0.25, 0.3) is 0 Å². The van der Waals surface area contributed by atoms with Crippen LogP contribution in [0, 0.1) is 0 Å². The predicted molar refractivity (Wildman–Crippen MR) is 97.8 cm³/mol. The van der Waals surface area contributed by atoms with E-state index in [2.05, 4.69) is 6.92 Å². The number of benzene rings is 1. The van der Waals surface area contributed by atoms with Gasteiger partial charge < -0.3 is 14.2 Å². The summed E-state index contributed by atoms with van der Waals surface area (Å²) in [5.74, 6) is 0.960. The van der Waals surface area contributed by atoms with Crippen molar-refractivity contribution < 1.29 is 14.2 Å². The van der Waals surface area contributed by atoms with Crippen molar-refractivity contribution in [2.24, 2.45) is 0 Å². The van der Waals surface area contributed by atoms with E-state index >= 15 is 0 Å². The Balaban J connectivity index is 1.94. The molecule has 0 N–H and O–H groups in total. The summed E-state index contributed by atoms with van der Waals surface area (Å²) in [7, 11) is 0. The maximum absolute atomic E-state index is 6.05. The Morgan fingerprint density at radius 2 is 2.00 bits per heavy atom. The first-order chi connectivity index (χ1) is 10.8. The standard InChI is InChI=1S/C16H23Cl3O3Si/c1-3-4-5-6-9-16(2)21-11-13-10-14(7-8-15(13)22-16)20-12-23(17,18)19/h7-8,10H,3-6,9,11-12H2,1-2H3. The van der Waals surface area contributed by atoms with Crippen molar-refractivity contribution in [2.45, 2.75) is 58.3 Å². The molecule has 0 bridgehead atoms. The molecule has 1 atom stereocenters. The molecule has 23 heavy (non-hydrogen) atoms. The van der Waals surface area contributed by atoms with Crippen molar-refractivity contribution >= 4 is 39.2 Å². The molecular formula is C16H23Cl3O3Si. The lowest BCUT2D eigenvalue weighted by Crippen LogP contribution is -2.38. The molecule has 0 saturated heterocycles. The third kappa shape index (κ3) is 6.35. The van der Waals surface area contributed by atoms with Crippen LogP contribution in [0.5, 0.6) is 11.5 Å². The van der Waals surface area contributed by atoms with Crippen LogP contribution in [0.4, 0.5) is 0 Å². The smallest absolute Gasteiger partial charge is 0.377 e. The summed E-state index contributed by atoms with van der Waals surface area (Å²) in [5, 5.41) is 0. The molecule has 7 heteroatoms. The van der Waals surface area contributed by atoms with Gasteiger partial charge in [0.05, 0.1) is 6.61 Å². The molecule has 1 unspecified atom stereocenters. The minimum atomic E-state index is -2.79. The van der Waals surface area contributed by atoms with Gasteiger partial charge in [0.1, 0.15) is 17.7 Å². The fourth-order valence-corrected chi connectivity index (χ4v) is 3.33. The van der Waals surface area contributed by atoms with Gasteiger partial charge >= 0.3 is 6.00 Å². The first-order valence-corrected chi connectivity index (χ1v) is 13.2. The minimum absolute atomic E-state index is 0.132. The summed E-state index contributed by atoms with van der Waals surface area (Å²) in [6, 6.07) is 2.84. The van der Waals surface area contributed by atoms with Gasteiger partial charge in [-0.25, -0.2) is 0 Å². The van der Waals surface area contributed by atoms with Gasteiger partial charge in [-0.15, -0.1) is 33.2 Å². The Kier molecular flexibility index (Phi) is 6.93. The normalized spacial score (nSPS) is 20.7. The van der Waals surface area contributed by atoms with E-state index in [0.717, 1.165) is 24.2 Å². The van der Waals surface area contributed by atoms with Crippen molar-refractivity contribution in [3.8, 4) is 11.5 Å². The summed E-state index contributed by atoms with van der Waals surface area (Å²) in [6.45, 7) is 4.71. The Hall–Kier alpha value is -0.133. The summed E-state index contributed by atoms with van der Waals surface area (Å²) in [5.41, 5.74) is 0.958. The molecule has 0 saturated carbocycles. The quantitative estimate of drug-likeness (QED) is 0.312. The average Bonchev–Trinajstić information content (AvgIpc) is 2.49. The minimum Gasteiger partial charge on any atom is -0.493 e. The number of hydrogen-bond donors (Lipinski definition) is 0. The van der Waals surface area contributed by atoms with Gasteiger partial charge in [0.15, 0.2) is 0 Å². The van der Waals surface area contributed by atoms with Crippen molar-refractivity contribution in [3.05, 3.63) is 23.8 Å². The second kappa shape index (κ2) is 8.30. The highest BCUT2D eigenvalue weighted by molar-refractivity contribution is 7.64. The molecule has 0 aliphatic carbocycles. The van der Waals surface area contributed by atoms with Gasteiger partial charge in [-0.1, -0.05) is 26.2 Å². The maximum Gasteiger partial charge on any atom is 0.377 e. The molecule has 1 aliphatic rings. The molecule has 0 amide bonds. The SMILES string of the molecule is CCCCCCC1(C)OCc2cc(OC[Si](Cl)(Cl)Cl)ccc2O1. The highest BCUT2D eigenvalue weighted by Gasteiger charge is 2.32. The summed E-state index contributed by atoms with van der Waals surface area (Å²) in [4.78, 5) is 0. The lowest BCUT2D eigenvalue weighted by Gasteiger charge is -2.36. The zero-order chi connectivity index (χ0) is 16.9. The van der Waals surface area contributed by atoms with E-state index in [4.69, 9.17) is 47.4 Å². The van der Waals surface area contributed by atoms with Crippen LogP contribution in [0.15, 0.2) is 18.2 Å². The Bertz CT molecular complexity index is 522. The summed E-state index contributed by atoms with van der Waals surface area (Å²) in [6.07, 6.45) is 5.81. The van der Waals surface area contributed by atoms with Crippen LogP contribution in [0.2, 0.25) is 0 Å². The van der Waals surface area contributed by atoms with E-state index in [1.165, 1.54) is 19.3 Å². The van der Waals surface area contributed by atoms with Crippen LogP contribution >= 0.6 is 33.2 Å². The molecule has 130 valence electrons. The summed E-state index contributed by atoms with van der Waals surface area (Å²) < 4.78 is 17.5. The molecule has 0 spiro atoms. The fraction of sp³-hybridized carbons (Fsp3) is 0.625. The van der Waals surface area contributed by atoms with E-state index in [-0.39, 0.29) is 6.23 Å². The number of rotatable bonds is 8. The fourth-order valence-electron chi connectivity index (χ4n) is 2.51. The third-order valence-corrected chi connectivity index (χ3v) is 5.23. The van der Waals surface area contributed by atoms with E-state index < -0.39 is 11.8 Å². The largest absolute Gasteiger partial charge is 0.493 e. The monoisotopic (exact) mass is 396 g/mol. The van der Waals surface area contributed by atoms with E-state index in [0.29, 0.717) is 12.4 Å². The maximum atomic E-state index is 6.05. The van der Waals surface area contributed by atoms with E-state index in [9.17, 15) is 0 Å². The number of hydrogen-bond acceptors (Lipinski definition) is 3. The highest BCUT2D eigenvalue weighted by atomic mass is 35.8. The Labute approximate surface area is 153 Å². The van der Waals surface area contributed by atoms with Gasteiger partial charge in [-0.05, 0) is 24.6 Å². The van der Waals surface area contributed by atoms with Crippen LogP contribution in [0.1, 0.15) is 51.5 Å². The lowest BCUT2D eigenvalue weighted by molar-refractivity contribution is -0.198. The molecule has 1 aliphatic heterocycles. The molecule has 2 rings (SSSR count). The highest BCUT2D eigenvalue weighted by Crippen LogP contribution is 2.36.